The van der Waals surface area contributed by atoms with Crippen molar-refractivity contribution in [3.63, 3.8) is 0 Å². The van der Waals surface area contributed by atoms with Gasteiger partial charge in [0.25, 0.3) is 0 Å². The summed E-state index contributed by atoms with van der Waals surface area (Å²) in [5.74, 6) is 0. The standard InChI is InChI=1S/C13H21N3O2S/c1-13(5-6-13)15-19(17,18)12-7-11(16(2)9-12)8-14-10-3-4-10/h7,9-10,14-15H,3-6,8H2,1-2H3. The Morgan fingerprint density at radius 1 is 1.42 bits per heavy atom. The summed E-state index contributed by atoms with van der Waals surface area (Å²) in [5, 5.41) is 3.40. The van der Waals surface area contributed by atoms with Crippen molar-refractivity contribution >= 4 is 10.0 Å². The number of nitrogens with one attached hydrogen (secondary N) is 2. The molecule has 3 rings (SSSR count). The van der Waals surface area contributed by atoms with E-state index in [-0.39, 0.29) is 5.54 Å². The molecular formula is C13H21N3O2S. The molecule has 2 saturated carbocycles. The van der Waals surface area contributed by atoms with E-state index < -0.39 is 10.0 Å². The minimum atomic E-state index is -3.38. The van der Waals surface area contributed by atoms with Gasteiger partial charge in [-0.25, -0.2) is 13.1 Å². The summed E-state index contributed by atoms with van der Waals surface area (Å²) in [6, 6.07) is 2.39. The maximum Gasteiger partial charge on any atom is 0.242 e. The van der Waals surface area contributed by atoms with Crippen molar-refractivity contribution < 1.29 is 8.42 Å². The van der Waals surface area contributed by atoms with Gasteiger partial charge >= 0.3 is 0 Å². The number of aromatic nitrogens is 1. The van der Waals surface area contributed by atoms with Crippen LogP contribution in [-0.2, 0) is 23.6 Å². The largest absolute Gasteiger partial charge is 0.352 e. The Labute approximate surface area is 114 Å². The Morgan fingerprint density at radius 3 is 2.68 bits per heavy atom. The van der Waals surface area contributed by atoms with Crippen molar-refractivity contribution in [2.45, 2.75) is 55.6 Å². The maximum atomic E-state index is 12.3. The second kappa shape index (κ2) is 4.33. The fraction of sp³-hybridized carbons (Fsp3) is 0.692. The molecule has 0 atom stereocenters. The van der Waals surface area contributed by atoms with Gasteiger partial charge in [-0.2, -0.15) is 0 Å². The van der Waals surface area contributed by atoms with E-state index in [1.165, 1.54) is 12.8 Å². The van der Waals surface area contributed by atoms with Gasteiger partial charge in [-0.15, -0.1) is 0 Å². The second-order valence-corrected chi connectivity index (χ2v) is 7.78. The van der Waals surface area contributed by atoms with Crippen LogP contribution in [0.25, 0.3) is 0 Å². The third-order valence-corrected chi connectivity index (χ3v) is 5.53. The Morgan fingerprint density at radius 2 is 2.11 bits per heavy atom. The molecule has 1 aromatic rings. The molecule has 0 unspecified atom stereocenters. The summed E-state index contributed by atoms with van der Waals surface area (Å²) in [5.41, 5.74) is 0.786. The highest BCUT2D eigenvalue weighted by molar-refractivity contribution is 7.89. The van der Waals surface area contributed by atoms with E-state index in [1.807, 2.05) is 18.5 Å². The zero-order valence-corrected chi connectivity index (χ0v) is 12.3. The van der Waals surface area contributed by atoms with Crippen LogP contribution in [0.3, 0.4) is 0 Å². The van der Waals surface area contributed by atoms with Gasteiger partial charge in [0, 0.05) is 37.1 Å². The predicted octanol–water partition coefficient (Wildman–Crippen LogP) is 1.11. The number of rotatable bonds is 6. The van der Waals surface area contributed by atoms with Gasteiger partial charge in [-0.05, 0) is 38.7 Å². The molecule has 5 nitrogen and oxygen atoms in total. The van der Waals surface area contributed by atoms with Crippen LogP contribution in [0.1, 0.15) is 38.3 Å². The average Bonchev–Trinajstić information content (AvgIpc) is 3.21. The van der Waals surface area contributed by atoms with Gasteiger partial charge in [0.2, 0.25) is 10.0 Å². The first-order valence-corrected chi connectivity index (χ1v) is 8.29. The molecule has 2 N–H and O–H groups in total. The Balaban J connectivity index is 1.74. The summed E-state index contributed by atoms with van der Waals surface area (Å²) in [4.78, 5) is 0.371. The summed E-state index contributed by atoms with van der Waals surface area (Å²) in [6.07, 6.45) is 6.01. The minimum Gasteiger partial charge on any atom is -0.352 e. The van der Waals surface area contributed by atoms with E-state index in [0.717, 1.165) is 25.1 Å². The summed E-state index contributed by atoms with van der Waals surface area (Å²) >= 11 is 0. The highest BCUT2D eigenvalue weighted by Gasteiger charge is 2.41. The van der Waals surface area contributed by atoms with Crippen molar-refractivity contribution in [2.75, 3.05) is 0 Å². The van der Waals surface area contributed by atoms with Crippen molar-refractivity contribution in [3.8, 4) is 0 Å². The van der Waals surface area contributed by atoms with Crippen molar-refractivity contribution in [1.82, 2.24) is 14.6 Å². The lowest BCUT2D eigenvalue weighted by Crippen LogP contribution is -2.34. The normalized spacial score (nSPS) is 21.6. The SMILES string of the molecule is Cn1cc(S(=O)(=O)NC2(C)CC2)cc1CNC1CC1. The third-order valence-electron chi connectivity index (χ3n) is 3.92. The fourth-order valence-corrected chi connectivity index (χ4v) is 3.67. The number of nitrogens with zero attached hydrogens (tertiary/aromatic N) is 1. The van der Waals surface area contributed by atoms with E-state index in [4.69, 9.17) is 0 Å². The van der Waals surface area contributed by atoms with Gasteiger partial charge in [-0.3, -0.25) is 0 Å². The Kier molecular flexibility index (Phi) is 2.99. The maximum absolute atomic E-state index is 12.3. The van der Waals surface area contributed by atoms with Crippen LogP contribution in [0.2, 0.25) is 0 Å². The molecule has 0 spiro atoms. The van der Waals surface area contributed by atoms with Crippen LogP contribution in [0.15, 0.2) is 17.2 Å². The predicted molar refractivity (Wildman–Crippen MR) is 73.2 cm³/mol. The van der Waals surface area contributed by atoms with E-state index in [2.05, 4.69) is 10.0 Å². The third kappa shape index (κ3) is 3.01. The van der Waals surface area contributed by atoms with E-state index >= 15 is 0 Å². The molecule has 0 saturated heterocycles. The van der Waals surface area contributed by atoms with Crippen LogP contribution >= 0.6 is 0 Å². The lowest BCUT2D eigenvalue weighted by atomic mass is 10.4. The lowest BCUT2D eigenvalue weighted by molar-refractivity contribution is 0.558. The first-order chi connectivity index (χ1) is 8.88. The van der Waals surface area contributed by atoms with Gasteiger partial charge < -0.3 is 9.88 Å². The molecule has 0 bridgehead atoms. The summed E-state index contributed by atoms with van der Waals surface area (Å²) in [6.45, 7) is 2.68. The quantitative estimate of drug-likeness (QED) is 0.822. The second-order valence-electron chi connectivity index (χ2n) is 6.10. The zero-order chi connectivity index (χ0) is 13.7. The Hall–Kier alpha value is -0.850. The molecule has 19 heavy (non-hydrogen) atoms. The summed E-state index contributed by atoms with van der Waals surface area (Å²) < 4.78 is 29.2. The number of aryl methyl sites for hydroxylation is 1. The average molecular weight is 283 g/mol. The number of sulfonamides is 1. The molecule has 0 aliphatic heterocycles. The number of hydrogen-bond donors (Lipinski definition) is 2. The van der Waals surface area contributed by atoms with Crippen molar-refractivity contribution in [3.05, 3.63) is 18.0 Å². The molecule has 106 valence electrons. The first kappa shape index (κ1) is 13.1. The fourth-order valence-electron chi connectivity index (χ4n) is 2.11. The van der Waals surface area contributed by atoms with Crippen LogP contribution < -0.4 is 10.0 Å². The van der Waals surface area contributed by atoms with Crippen molar-refractivity contribution in [2.24, 2.45) is 7.05 Å². The molecule has 6 heteroatoms. The van der Waals surface area contributed by atoms with Crippen LogP contribution in [-0.4, -0.2) is 24.6 Å². The van der Waals surface area contributed by atoms with Crippen LogP contribution in [0.4, 0.5) is 0 Å². The molecular weight excluding hydrogens is 262 g/mol. The summed E-state index contributed by atoms with van der Waals surface area (Å²) in [7, 11) is -1.49. The number of hydrogen-bond acceptors (Lipinski definition) is 3. The van der Waals surface area contributed by atoms with E-state index in [0.29, 0.717) is 10.9 Å². The topological polar surface area (TPSA) is 63.1 Å². The molecule has 2 aliphatic carbocycles. The smallest absolute Gasteiger partial charge is 0.242 e. The molecule has 0 amide bonds. The highest BCUT2D eigenvalue weighted by atomic mass is 32.2. The van der Waals surface area contributed by atoms with Gasteiger partial charge in [0.15, 0.2) is 0 Å². The first-order valence-electron chi connectivity index (χ1n) is 6.81. The lowest BCUT2D eigenvalue weighted by Gasteiger charge is -2.10. The Bertz CT molecular complexity index is 583. The highest BCUT2D eigenvalue weighted by Crippen LogP contribution is 2.36. The van der Waals surface area contributed by atoms with Gasteiger partial charge in [0.1, 0.15) is 0 Å². The molecule has 2 fully saturated rings. The zero-order valence-electron chi connectivity index (χ0n) is 11.4. The van der Waals surface area contributed by atoms with E-state index in [1.54, 1.807) is 12.3 Å². The van der Waals surface area contributed by atoms with E-state index in [9.17, 15) is 8.42 Å². The molecule has 2 aliphatic rings. The van der Waals surface area contributed by atoms with Gasteiger partial charge in [0.05, 0.1) is 4.90 Å². The van der Waals surface area contributed by atoms with Gasteiger partial charge in [-0.1, -0.05) is 0 Å². The van der Waals surface area contributed by atoms with Crippen LogP contribution in [0, 0.1) is 0 Å². The van der Waals surface area contributed by atoms with Crippen molar-refractivity contribution in [1.29, 1.82) is 0 Å². The molecule has 1 heterocycles. The molecule has 1 aromatic heterocycles. The van der Waals surface area contributed by atoms with Crippen LogP contribution in [0.5, 0.6) is 0 Å². The molecule has 0 radical (unpaired) electrons. The molecule has 0 aromatic carbocycles. The minimum absolute atomic E-state index is 0.221. The monoisotopic (exact) mass is 283 g/mol.